The molecule has 1 aliphatic heterocycles. The first-order chi connectivity index (χ1) is 15.9. The van der Waals surface area contributed by atoms with Crippen molar-refractivity contribution in [2.75, 3.05) is 20.2 Å². The maximum atomic E-state index is 12.9. The lowest BCUT2D eigenvalue weighted by Gasteiger charge is -2.29. The molecule has 2 aromatic carbocycles. The Hall–Kier alpha value is -3.24. The van der Waals surface area contributed by atoms with Gasteiger partial charge < -0.3 is 14.5 Å². The molecule has 0 aliphatic carbocycles. The number of nitrogens with zero attached hydrogens (tertiary/aromatic N) is 3. The van der Waals surface area contributed by atoms with Crippen LogP contribution in [0.4, 0.5) is 0 Å². The van der Waals surface area contributed by atoms with Crippen LogP contribution in [0.2, 0.25) is 0 Å². The Morgan fingerprint density at radius 1 is 1.15 bits per heavy atom. The number of hydrogen-bond acceptors (Lipinski definition) is 7. The number of hydrogen-bond donors (Lipinski definition) is 1. The van der Waals surface area contributed by atoms with Gasteiger partial charge in [0.2, 0.25) is 15.9 Å². The summed E-state index contributed by atoms with van der Waals surface area (Å²) in [6, 6.07) is 13.6. The van der Waals surface area contributed by atoms with Crippen molar-refractivity contribution in [3.63, 3.8) is 0 Å². The minimum absolute atomic E-state index is 0.136. The van der Waals surface area contributed by atoms with Gasteiger partial charge >= 0.3 is 11.8 Å². The first kappa shape index (κ1) is 22.9. The van der Waals surface area contributed by atoms with Crippen molar-refractivity contribution in [3.05, 3.63) is 60.0 Å². The normalized spacial score (nSPS) is 15.3. The first-order valence-corrected chi connectivity index (χ1v) is 12.2. The van der Waals surface area contributed by atoms with Gasteiger partial charge in [0.25, 0.3) is 0 Å². The van der Waals surface area contributed by atoms with Crippen LogP contribution >= 0.6 is 0 Å². The number of nitrogens with one attached hydrogen (secondary N) is 1. The quantitative estimate of drug-likeness (QED) is 0.564. The molecular weight excluding hydrogens is 444 g/mol. The van der Waals surface area contributed by atoms with Gasteiger partial charge in [-0.15, -0.1) is 10.2 Å². The number of piperidine rings is 1. The number of carbonyl (C=O) groups excluding carboxylic acids is 1. The molecule has 0 bridgehead atoms. The van der Waals surface area contributed by atoms with Crippen LogP contribution in [0.15, 0.2) is 57.8 Å². The van der Waals surface area contributed by atoms with E-state index in [2.05, 4.69) is 22.4 Å². The molecule has 3 aromatic rings. The SMILES string of the molecule is COc1cccc(CNC(=O)c2nnc(-c3ccc(S(=O)(=O)N4CCC(C)CC4)cc3)o2)c1. The van der Waals surface area contributed by atoms with E-state index in [-0.39, 0.29) is 23.2 Å². The third-order valence-electron chi connectivity index (χ3n) is 5.69. The number of aromatic nitrogens is 2. The first-order valence-electron chi connectivity index (χ1n) is 10.7. The highest BCUT2D eigenvalue weighted by atomic mass is 32.2. The number of amides is 1. The molecule has 1 aliphatic rings. The van der Waals surface area contributed by atoms with E-state index in [0.29, 0.717) is 30.3 Å². The largest absolute Gasteiger partial charge is 0.497 e. The predicted octanol–water partition coefficient (Wildman–Crippen LogP) is 3.10. The summed E-state index contributed by atoms with van der Waals surface area (Å²) in [5.41, 5.74) is 1.39. The van der Waals surface area contributed by atoms with Gasteiger partial charge in [0.1, 0.15) is 5.75 Å². The van der Waals surface area contributed by atoms with Crippen molar-refractivity contribution in [2.24, 2.45) is 5.92 Å². The Morgan fingerprint density at radius 3 is 2.58 bits per heavy atom. The van der Waals surface area contributed by atoms with E-state index in [4.69, 9.17) is 9.15 Å². The molecule has 1 fully saturated rings. The van der Waals surface area contributed by atoms with Crippen molar-refractivity contribution in [1.82, 2.24) is 19.8 Å². The molecule has 0 unspecified atom stereocenters. The average molecular weight is 471 g/mol. The number of rotatable bonds is 7. The van der Waals surface area contributed by atoms with Crippen molar-refractivity contribution in [2.45, 2.75) is 31.2 Å². The second-order valence-corrected chi connectivity index (χ2v) is 10.00. The van der Waals surface area contributed by atoms with E-state index in [9.17, 15) is 13.2 Å². The molecule has 0 atom stereocenters. The number of ether oxygens (including phenoxy) is 1. The second kappa shape index (κ2) is 9.72. The Bertz CT molecular complexity index is 1220. The summed E-state index contributed by atoms with van der Waals surface area (Å²) in [5.74, 6) is 0.694. The smallest absolute Gasteiger partial charge is 0.309 e. The molecule has 9 nitrogen and oxygen atoms in total. The zero-order valence-electron chi connectivity index (χ0n) is 18.5. The van der Waals surface area contributed by atoms with Crippen molar-refractivity contribution < 1.29 is 22.4 Å². The van der Waals surface area contributed by atoms with Gasteiger partial charge in [-0.25, -0.2) is 8.42 Å². The molecule has 1 saturated heterocycles. The lowest BCUT2D eigenvalue weighted by atomic mass is 10.0. The zero-order chi connectivity index (χ0) is 23.4. The Labute approximate surface area is 192 Å². The van der Waals surface area contributed by atoms with Gasteiger partial charge in [0.05, 0.1) is 12.0 Å². The van der Waals surface area contributed by atoms with Crippen LogP contribution in [0.3, 0.4) is 0 Å². The van der Waals surface area contributed by atoms with E-state index in [0.717, 1.165) is 18.4 Å². The molecule has 174 valence electrons. The predicted molar refractivity (Wildman–Crippen MR) is 121 cm³/mol. The van der Waals surface area contributed by atoms with Gasteiger partial charge in [0.15, 0.2) is 0 Å². The van der Waals surface area contributed by atoms with Gasteiger partial charge in [-0.2, -0.15) is 4.31 Å². The van der Waals surface area contributed by atoms with E-state index >= 15 is 0 Å². The monoisotopic (exact) mass is 470 g/mol. The highest BCUT2D eigenvalue weighted by molar-refractivity contribution is 7.89. The average Bonchev–Trinajstić information content (AvgIpc) is 3.33. The van der Waals surface area contributed by atoms with E-state index in [1.807, 2.05) is 24.3 Å². The third kappa shape index (κ3) is 5.23. The Balaban J connectivity index is 1.41. The number of carbonyl (C=O) groups is 1. The van der Waals surface area contributed by atoms with Crippen LogP contribution in [0.5, 0.6) is 5.75 Å². The fourth-order valence-electron chi connectivity index (χ4n) is 3.62. The molecule has 0 spiro atoms. The summed E-state index contributed by atoms with van der Waals surface area (Å²) in [4.78, 5) is 12.6. The summed E-state index contributed by atoms with van der Waals surface area (Å²) >= 11 is 0. The molecule has 33 heavy (non-hydrogen) atoms. The van der Waals surface area contributed by atoms with Crippen LogP contribution in [0.25, 0.3) is 11.5 Å². The fraction of sp³-hybridized carbons (Fsp3) is 0.348. The molecule has 10 heteroatoms. The van der Waals surface area contributed by atoms with E-state index in [1.165, 1.54) is 16.4 Å². The molecule has 2 heterocycles. The van der Waals surface area contributed by atoms with Crippen LogP contribution in [0.1, 0.15) is 36.0 Å². The maximum absolute atomic E-state index is 12.9. The standard InChI is InChI=1S/C23H26N4O5S/c1-16-10-12-27(13-11-16)33(29,30)20-8-6-18(7-9-20)22-25-26-23(32-22)21(28)24-15-17-4-3-5-19(14-17)31-2/h3-9,14,16H,10-13,15H2,1-2H3,(H,24,28). The topological polar surface area (TPSA) is 115 Å². The molecule has 0 radical (unpaired) electrons. The van der Waals surface area contributed by atoms with E-state index < -0.39 is 15.9 Å². The van der Waals surface area contributed by atoms with Crippen LogP contribution in [-0.2, 0) is 16.6 Å². The molecule has 1 N–H and O–H groups in total. The lowest BCUT2D eigenvalue weighted by molar-refractivity contribution is 0.0916. The third-order valence-corrected chi connectivity index (χ3v) is 7.60. The second-order valence-electron chi connectivity index (χ2n) is 8.06. The van der Waals surface area contributed by atoms with Crippen molar-refractivity contribution in [3.8, 4) is 17.2 Å². The summed E-state index contributed by atoms with van der Waals surface area (Å²) in [6.07, 6.45) is 1.73. The number of methoxy groups -OCH3 is 1. The molecular formula is C23H26N4O5S. The van der Waals surface area contributed by atoms with Gasteiger partial charge in [-0.3, -0.25) is 4.79 Å². The highest BCUT2D eigenvalue weighted by Crippen LogP contribution is 2.25. The summed E-state index contributed by atoms with van der Waals surface area (Å²) < 4.78 is 38.0. The minimum Gasteiger partial charge on any atom is -0.497 e. The molecule has 1 aromatic heterocycles. The minimum atomic E-state index is -3.54. The number of sulfonamides is 1. The van der Waals surface area contributed by atoms with Gasteiger partial charge in [-0.1, -0.05) is 19.1 Å². The highest BCUT2D eigenvalue weighted by Gasteiger charge is 2.28. The van der Waals surface area contributed by atoms with Gasteiger partial charge in [0, 0.05) is 25.2 Å². The molecule has 0 saturated carbocycles. The van der Waals surface area contributed by atoms with E-state index in [1.54, 1.807) is 19.2 Å². The Morgan fingerprint density at radius 2 is 1.88 bits per heavy atom. The van der Waals surface area contributed by atoms with Gasteiger partial charge in [-0.05, 0) is 60.7 Å². The summed E-state index contributed by atoms with van der Waals surface area (Å²) in [5, 5.41) is 10.5. The summed E-state index contributed by atoms with van der Waals surface area (Å²) in [7, 11) is -1.96. The summed E-state index contributed by atoms with van der Waals surface area (Å²) in [6.45, 7) is 3.47. The van der Waals surface area contributed by atoms with Crippen LogP contribution in [-0.4, -0.2) is 49.0 Å². The number of benzene rings is 2. The molecule has 4 rings (SSSR count). The fourth-order valence-corrected chi connectivity index (χ4v) is 5.09. The Kier molecular flexibility index (Phi) is 6.75. The van der Waals surface area contributed by atoms with Crippen LogP contribution < -0.4 is 10.1 Å². The van der Waals surface area contributed by atoms with Crippen molar-refractivity contribution in [1.29, 1.82) is 0 Å². The molecule has 1 amide bonds. The maximum Gasteiger partial charge on any atom is 0.309 e. The van der Waals surface area contributed by atoms with Crippen LogP contribution in [0, 0.1) is 5.92 Å². The lowest BCUT2D eigenvalue weighted by Crippen LogP contribution is -2.37. The zero-order valence-corrected chi connectivity index (χ0v) is 19.3. The van der Waals surface area contributed by atoms with Crippen molar-refractivity contribution >= 4 is 15.9 Å².